The largest absolute Gasteiger partial charge is 0.465 e. The van der Waals surface area contributed by atoms with Gasteiger partial charge in [-0.25, -0.2) is 0 Å². The Balaban J connectivity index is 1.50. The Kier molecular flexibility index (Phi) is 10.3. The number of Topliss-reactive ketones (excluding diaryl/α,β-unsaturated/α-hetero) is 2. The second-order valence-electron chi connectivity index (χ2n) is 14.8. The zero-order valence-electron chi connectivity index (χ0n) is 29.6. The lowest BCUT2D eigenvalue weighted by atomic mass is 9.65. The van der Waals surface area contributed by atoms with E-state index in [1.807, 2.05) is 27.7 Å². The highest BCUT2D eigenvalue weighted by Crippen LogP contribution is 2.53. The molecule has 5 rings (SSSR count). The zero-order valence-corrected chi connectivity index (χ0v) is 29.6. The Morgan fingerprint density at radius 1 is 0.680 bits per heavy atom. The van der Waals surface area contributed by atoms with E-state index in [4.69, 9.17) is 33.2 Å². The summed E-state index contributed by atoms with van der Waals surface area (Å²) in [6.45, 7) is 12.3. The SMILES string of the molecule is CC(=O)OCC1O[C@@H](Oc2ccc(C3C4=C(CC(C)(C)CC4=O)OC4=C3C(=O)CC(C)(C)C4)cc2)[C@@H](OC(C)=O)C(OC(C)=O)[C@@H]1OC(C)=O. The molecule has 2 aliphatic heterocycles. The average Bonchev–Trinajstić information content (AvgIpc) is 2.96. The first-order valence-corrected chi connectivity index (χ1v) is 16.6. The summed E-state index contributed by atoms with van der Waals surface area (Å²) in [6.07, 6.45) is -4.97. The highest BCUT2D eigenvalue weighted by Gasteiger charge is 2.54. The van der Waals surface area contributed by atoms with Crippen LogP contribution in [0.5, 0.6) is 5.75 Å². The maximum atomic E-state index is 13.7. The molecule has 50 heavy (non-hydrogen) atoms. The molecule has 0 radical (unpaired) electrons. The summed E-state index contributed by atoms with van der Waals surface area (Å²) in [7, 11) is 0. The van der Waals surface area contributed by atoms with Crippen LogP contribution in [0.15, 0.2) is 46.9 Å². The summed E-state index contributed by atoms with van der Waals surface area (Å²) in [5.41, 5.74) is 1.07. The van der Waals surface area contributed by atoms with E-state index in [1.165, 1.54) is 6.92 Å². The maximum Gasteiger partial charge on any atom is 0.303 e. The van der Waals surface area contributed by atoms with Crippen LogP contribution in [0.1, 0.15) is 92.6 Å². The summed E-state index contributed by atoms with van der Waals surface area (Å²) in [4.78, 5) is 75.5. The zero-order chi connectivity index (χ0) is 36.7. The lowest BCUT2D eigenvalue weighted by Crippen LogP contribution is -2.63. The molecule has 0 amide bonds. The number of hydrogen-bond acceptors (Lipinski definition) is 13. The van der Waals surface area contributed by atoms with E-state index in [0.717, 1.165) is 20.8 Å². The minimum absolute atomic E-state index is 0.0664. The fourth-order valence-corrected chi connectivity index (χ4v) is 7.16. The van der Waals surface area contributed by atoms with Gasteiger partial charge in [0, 0.05) is 70.4 Å². The molecule has 2 heterocycles. The Hall–Kier alpha value is -4.52. The number of rotatable bonds is 8. The van der Waals surface area contributed by atoms with Gasteiger partial charge in [0.15, 0.2) is 23.8 Å². The van der Waals surface area contributed by atoms with Crippen molar-refractivity contribution in [1.82, 2.24) is 0 Å². The highest BCUT2D eigenvalue weighted by atomic mass is 16.7. The van der Waals surface area contributed by atoms with E-state index in [0.29, 0.717) is 53.9 Å². The van der Waals surface area contributed by atoms with Gasteiger partial charge in [-0.1, -0.05) is 39.8 Å². The average molecular weight is 697 g/mol. The molecule has 0 aromatic heterocycles. The Bertz CT molecular complexity index is 1590. The maximum absolute atomic E-state index is 13.7. The van der Waals surface area contributed by atoms with Crippen molar-refractivity contribution in [2.24, 2.45) is 10.8 Å². The summed E-state index contributed by atoms with van der Waals surface area (Å²) < 4.78 is 40.2. The van der Waals surface area contributed by atoms with E-state index < -0.39 is 67.1 Å². The Morgan fingerprint density at radius 3 is 1.64 bits per heavy atom. The molecule has 0 spiro atoms. The van der Waals surface area contributed by atoms with Crippen LogP contribution in [0.25, 0.3) is 0 Å². The van der Waals surface area contributed by atoms with Crippen molar-refractivity contribution in [1.29, 1.82) is 0 Å². The van der Waals surface area contributed by atoms with Crippen LogP contribution >= 0.6 is 0 Å². The van der Waals surface area contributed by atoms with E-state index in [9.17, 15) is 28.8 Å². The fourth-order valence-electron chi connectivity index (χ4n) is 7.16. The van der Waals surface area contributed by atoms with Crippen LogP contribution in [-0.2, 0) is 57.2 Å². The van der Waals surface area contributed by atoms with E-state index in [-0.39, 0.29) is 28.1 Å². The van der Waals surface area contributed by atoms with Gasteiger partial charge in [0.1, 0.15) is 30.0 Å². The molecule has 1 aromatic carbocycles. The van der Waals surface area contributed by atoms with Crippen LogP contribution in [0.4, 0.5) is 0 Å². The summed E-state index contributed by atoms with van der Waals surface area (Å²) >= 11 is 0. The molecule has 2 unspecified atom stereocenters. The van der Waals surface area contributed by atoms with Gasteiger partial charge in [-0.05, 0) is 28.5 Å². The van der Waals surface area contributed by atoms with Crippen molar-refractivity contribution in [2.45, 2.75) is 118 Å². The normalized spacial score (nSPS) is 27.3. The molecule has 4 aliphatic rings. The topological polar surface area (TPSA) is 167 Å². The standard InChI is InChI=1S/C37H44O13/c1-18(38)44-17-28-32(45-19(2)39)33(46-20(3)40)34(47-21(4)41)35(50-28)48-23-11-9-22(10-12-23)29-30-24(42)13-36(5,6)15-26(30)49-27-16-37(7,8)14-25(43)31(27)29/h9-12,28-29,32-35H,13-17H2,1-8H3/t28?,32-,33?,34+,35-/m1/s1. The lowest BCUT2D eigenvalue weighted by molar-refractivity contribution is -0.288. The molecule has 1 fully saturated rings. The monoisotopic (exact) mass is 696 g/mol. The van der Waals surface area contributed by atoms with Gasteiger partial charge in [0.05, 0.1) is 0 Å². The van der Waals surface area contributed by atoms with Gasteiger partial charge in [-0.3, -0.25) is 28.8 Å². The Morgan fingerprint density at radius 2 is 1.16 bits per heavy atom. The predicted molar refractivity (Wildman–Crippen MR) is 173 cm³/mol. The quantitative estimate of drug-likeness (QED) is 0.275. The molecule has 13 heteroatoms. The number of hydrogen-bond donors (Lipinski definition) is 0. The van der Waals surface area contributed by atoms with Crippen molar-refractivity contribution in [3.63, 3.8) is 0 Å². The highest BCUT2D eigenvalue weighted by molar-refractivity contribution is 6.06. The number of carbonyl (C=O) groups excluding carboxylic acids is 6. The third-order valence-corrected chi connectivity index (χ3v) is 9.00. The van der Waals surface area contributed by atoms with E-state index in [2.05, 4.69) is 0 Å². The predicted octanol–water partition coefficient (Wildman–Crippen LogP) is 4.55. The molecule has 0 saturated carbocycles. The molecule has 0 bridgehead atoms. The second kappa shape index (κ2) is 14.0. The van der Waals surface area contributed by atoms with Gasteiger partial charge in [0.25, 0.3) is 0 Å². The van der Waals surface area contributed by atoms with Crippen molar-refractivity contribution < 1.29 is 61.9 Å². The fraction of sp³-hybridized carbons (Fsp3) is 0.568. The van der Waals surface area contributed by atoms with Crippen molar-refractivity contribution in [3.05, 3.63) is 52.5 Å². The molecular weight excluding hydrogens is 652 g/mol. The van der Waals surface area contributed by atoms with Crippen LogP contribution in [0, 0.1) is 10.8 Å². The van der Waals surface area contributed by atoms with E-state index >= 15 is 0 Å². The first-order chi connectivity index (χ1) is 23.3. The Labute approximate surface area is 290 Å². The van der Waals surface area contributed by atoms with Gasteiger partial charge in [0.2, 0.25) is 12.4 Å². The van der Waals surface area contributed by atoms with Gasteiger partial charge >= 0.3 is 23.9 Å². The van der Waals surface area contributed by atoms with Crippen LogP contribution in [-0.4, -0.2) is 72.8 Å². The molecular formula is C37H44O13. The molecule has 1 aromatic rings. The third kappa shape index (κ3) is 8.09. The number of allylic oxidation sites excluding steroid dienone is 4. The molecule has 13 nitrogen and oxygen atoms in total. The van der Waals surface area contributed by atoms with Crippen LogP contribution in [0.2, 0.25) is 0 Å². The molecule has 270 valence electrons. The first kappa shape index (κ1) is 36.8. The summed E-state index contributed by atoms with van der Waals surface area (Å²) in [5, 5.41) is 0. The minimum Gasteiger partial charge on any atom is -0.465 e. The third-order valence-electron chi connectivity index (χ3n) is 9.00. The summed E-state index contributed by atoms with van der Waals surface area (Å²) in [6, 6.07) is 6.72. The smallest absolute Gasteiger partial charge is 0.303 e. The molecule has 2 aliphatic carbocycles. The van der Waals surface area contributed by atoms with Crippen LogP contribution in [0.3, 0.4) is 0 Å². The van der Waals surface area contributed by atoms with Gasteiger partial charge in [-0.2, -0.15) is 0 Å². The molecule has 0 N–H and O–H groups in total. The molecule has 1 saturated heterocycles. The second-order valence-corrected chi connectivity index (χ2v) is 14.8. The van der Waals surface area contributed by atoms with Crippen molar-refractivity contribution in [2.75, 3.05) is 6.61 Å². The number of ketones is 2. The minimum atomic E-state index is -1.42. The van der Waals surface area contributed by atoms with Crippen molar-refractivity contribution in [3.8, 4) is 5.75 Å². The van der Waals surface area contributed by atoms with Gasteiger partial charge in [-0.15, -0.1) is 0 Å². The van der Waals surface area contributed by atoms with E-state index in [1.54, 1.807) is 24.3 Å². The number of esters is 4. The molecule has 5 atom stereocenters. The van der Waals surface area contributed by atoms with Crippen LogP contribution < -0.4 is 4.74 Å². The lowest BCUT2D eigenvalue weighted by Gasteiger charge is -2.44. The first-order valence-electron chi connectivity index (χ1n) is 16.6. The number of benzene rings is 1. The van der Waals surface area contributed by atoms with Crippen molar-refractivity contribution >= 4 is 35.4 Å². The van der Waals surface area contributed by atoms with Gasteiger partial charge < -0.3 is 33.2 Å². The number of carbonyl (C=O) groups is 6. The summed E-state index contributed by atoms with van der Waals surface area (Å²) in [5.74, 6) is -2.24. The number of ether oxygens (including phenoxy) is 7.